The number of hydrogen-bond donors (Lipinski definition) is 4. The third-order valence-corrected chi connectivity index (χ3v) is 1.64. The van der Waals surface area contributed by atoms with E-state index in [4.69, 9.17) is 0 Å². The van der Waals surface area contributed by atoms with Crippen LogP contribution in [-0.2, 0) is 5.41 Å². The Morgan fingerprint density at radius 3 is 1.33 bits per heavy atom. The van der Waals surface area contributed by atoms with Crippen LogP contribution in [0, 0.1) is 0 Å². The molecular formula is C10H24N4O. The summed E-state index contributed by atoms with van der Waals surface area (Å²) in [5.41, 5.74) is 1.69. The maximum absolute atomic E-state index is 4.00. The van der Waals surface area contributed by atoms with Gasteiger partial charge in [-0.05, 0) is 11.0 Å². The largest absolute Gasteiger partial charge is 0.412 e. The van der Waals surface area contributed by atoms with Gasteiger partial charge in [-0.2, -0.15) is 0 Å². The van der Waals surface area contributed by atoms with Gasteiger partial charge in [0, 0.05) is 0 Å². The van der Waals surface area contributed by atoms with E-state index in [1.54, 1.807) is 0 Å². The average molecular weight is 216 g/mol. The number of nitrogens with two attached hydrogens (primary N) is 4. The quantitative estimate of drug-likeness (QED) is 0.352. The number of rotatable bonds is 0. The summed E-state index contributed by atoms with van der Waals surface area (Å²) in [5, 5.41) is 0. The molecule has 90 valence electrons. The monoisotopic (exact) mass is 216 g/mol. The van der Waals surface area contributed by atoms with E-state index in [2.05, 4.69) is 74.5 Å². The topological polar surface area (TPSA) is 136 Å². The van der Waals surface area contributed by atoms with Gasteiger partial charge < -0.3 is 5.48 Å². The van der Waals surface area contributed by atoms with E-state index in [-0.39, 0.29) is 5.48 Å². The van der Waals surface area contributed by atoms with Crippen LogP contribution in [-0.4, -0.2) is 5.48 Å². The Morgan fingerprint density at radius 2 is 1.13 bits per heavy atom. The Balaban J connectivity index is -0.000000258. The lowest BCUT2D eigenvalue weighted by Gasteiger charge is -2.18. The Morgan fingerprint density at radius 1 is 0.800 bits per heavy atom. The first-order valence-electron chi connectivity index (χ1n) is 4.33. The van der Waals surface area contributed by atoms with Gasteiger partial charge in [0.15, 0.2) is 0 Å². The molecule has 0 fully saturated rings. The van der Waals surface area contributed by atoms with Crippen LogP contribution >= 0.6 is 0 Å². The molecule has 5 nitrogen and oxygen atoms in total. The van der Waals surface area contributed by atoms with Gasteiger partial charge in [0.25, 0.3) is 0 Å². The van der Waals surface area contributed by atoms with Gasteiger partial charge in [0.2, 0.25) is 0 Å². The summed E-state index contributed by atoms with van der Waals surface area (Å²) < 4.78 is 0. The summed E-state index contributed by atoms with van der Waals surface area (Å²) in [6, 6.07) is 10.6. The summed E-state index contributed by atoms with van der Waals surface area (Å²) >= 11 is 0. The molecule has 0 saturated heterocycles. The van der Waals surface area contributed by atoms with E-state index in [0.717, 1.165) is 0 Å². The van der Waals surface area contributed by atoms with Gasteiger partial charge in [-0.15, -0.1) is 0 Å². The second kappa shape index (κ2) is 11.1. The van der Waals surface area contributed by atoms with Gasteiger partial charge in [-0.3, -0.25) is 23.4 Å². The van der Waals surface area contributed by atoms with Crippen LogP contribution < -0.4 is 23.4 Å². The van der Waals surface area contributed by atoms with Crippen LogP contribution in [0.2, 0.25) is 0 Å². The molecule has 10 N–H and O–H groups in total. The Hall–Kier alpha value is -0.980. The highest BCUT2D eigenvalue weighted by atomic mass is 16.0. The molecule has 0 aromatic heterocycles. The van der Waals surface area contributed by atoms with Crippen LogP contribution in [0.15, 0.2) is 30.3 Å². The number of hydrogen-bond acceptors (Lipinski definition) is 4. The van der Waals surface area contributed by atoms with Crippen LogP contribution in [0.1, 0.15) is 26.3 Å². The first-order chi connectivity index (χ1) is 6.61. The van der Waals surface area contributed by atoms with E-state index in [0.29, 0.717) is 5.41 Å². The third-order valence-electron chi connectivity index (χ3n) is 1.64. The third kappa shape index (κ3) is 9.33. The number of benzene rings is 1. The van der Waals surface area contributed by atoms with E-state index in [1.165, 1.54) is 5.56 Å². The van der Waals surface area contributed by atoms with Crippen molar-refractivity contribution in [2.24, 2.45) is 23.4 Å². The molecule has 0 aliphatic heterocycles. The molecule has 1 aromatic carbocycles. The molecule has 1 aromatic rings. The van der Waals surface area contributed by atoms with Gasteiger partial charge in [0.05, 0.1) is 0 Å². The van der Waals surface area contributed by atoms with Crippen LogP contribution in [0.4, 0.5) is 0 Å². The van der Waals surface area contributed by atoms with E-state index in [9.17, 15) is 0 Å². The molecule has 15 heavy (non-hydrogen) atoms. The molecule has 0 amide bonds. The maximum atomic E-state index is 4.00. The van der Waals surface area contributed by atoms with Crippen molar-refractivity contribution in [3.63, 3.8) is 0 Å². The zero-order valence-electron chi connectivity index (χ0n) is 9.70. The highest BCUT2D eigenvalue weighted by Crippen LogP contribution is 2.20. The lowest BCUT2D eigenvalue weighted by Crippen LogP contribution is -2.10. The minimum atomic E-state index is 0. The van der Waals surface area contributed by atoms with Crippen molar-refractivity contribution < 1.29 is 5.48 Å². The molecule has 0 aliphatic carbocycles. The van der Waals surface area contributed by atoms with Gasteiger partial charge in [0.1, 0.15) is 0 Å². The predicted octanol–water partition coefficient (Wildman–Crippen LogP) is -0.203. The summed E-state index contributed by atoms with van der Waals surface area (Å²) in [6.07, 6.45) is 0. The molecule has 0 atom stereocenters. The average Bonchev–Trinajstić information content (AvgIpc) is 2.24. The fraction of sp³-hybridized carbons (Fsp3) is 0.400. The lowest BCUT2D eigenvalue weighted by molar-refractivity contribution is 0.590. The standard InChI is InChI=1S/C10H14.2H4N2.H2O/c1-10(2,3)9-7-5-4-6-8-9;2*1-2;/h4-8H,1-3H3;2*1-2H2;1H2. The fourth-order valence-electron chi connectivity index (χ4n) is 0.938. The normalized spacial score (nSPS) is 8.47. The molecule has 0 spiro atoms. The van der Waals surface area contributed by atoms with Crippen molar-refractivity contribution in [1.29, 1.82) is 0 Å². The van der Waals surface area contributed by atoms with E-state index >= 15 is 0 Å². The van der Waals surface area contributed by atoms with Gasteiger partial charge in [-0.1, -0.05) is 51.1 Å². The summed E-state index contributed by atoms with van der Waals surface area (Å²) in [5.74, 6) is 16.0. The Bertz CT molecular complexity index is 208. The zero-order chi connectivity index (χ0) is 11.6. The molecule has 0 aliphatic rings. The molecular weight excluding hydrogens is 192 g/mol. The molecule has 0 bridgehead atoms. The van der Waals surface area contributed by atoms with Gasteiger partial charge in [-0.25, -0.2) is 0 Å². The van der Waals surface area contributed by atoms with Crippen LogP contribution in [0.5, 0.6) is 0 Å². The van der Waals surface area contributed by atoms with Crippen molar-refractivity contribution in [3.8, 4) is 0 Å². The highest BCUT2D eigenvalue weighted by Gasteiger charge is 2.11. The van der Waals surface area contributed by atoms with E-state index < -0.39 is 0 Å². The lowest BCUT2D eigenvalue weighted by atomic mass is 9.87. The second-order valence-corrected chi connectivity index (χ2v) is 3.62. The molecule has 1 rings (SSSR count). The first kappa shape index (κ1) is 19.6. The summed E-state index contributed by atoms with van der Waals surface area (Å²) in [4.78, 5) is 0. The maximum Gasteiger partial charge on any atom is -0.0132 e. The van der Waals surface area contributed by atoms with E-state index in [1.807, 2.05) is 0 Å². The minimum absolute atomic E-state index is 0. The molecule has 5 heteroatoms. The summed E-state index contributed by atoms with van der Waals surface area (Å²) in [6.45, 7) is 6.67. The van der Waals surface area contributed by atoms with Crippen molar-refractivity contribution >= 4 is 0 Å². The second-order valence-electron chi connectivity index (χ2n) is 3.62. The Labute approximate surface area is 91.7 Å². The van der Waals surface area contributed by atoms with Crippen molar-refractivity contribution in [1.82, 2.24) is 0 Å². The molecule has 0 saturated carbocycles. The SMILES string of the molecule is CC(C)(C)c1ccccc1.NN.NN.O. The molecule has 0 heterocycles. The zero-order valence-corrected chi connectivity index (χ0v) is 9.70. The minimum Gasteiger partial charge on any atom is -0.412 e. The van der Waals surface area contributed by atoms with Crippen molar-refractivity contribution in [2.45, 2.75) is 26.2 Å². The molecule has 0 radical (unpaired) electrons. The predicted molar refractivity (Wildman–Crippen MR) is 65.5 cm³/mol. The fourth-order valence-corrected chi connectivity index (χ4v) is 0.938. The smallest absolute Gasteiger partial charge is 0.0132 e. The summed E-state index contributed by atoms with van der Waals surface area (Å²) in [7, 11) is 0. The van der Waals surface area contributed by atoms with Crippen LogP contribution in [0.25, 0.3) is 0 Å². The van der Waals surface area contributed by atoms with Crippen LogP contribution in [0.3, 0.4) is 0 Å². The van der Waals surface area contributed by atoms with Crippen molar-refractivity contribution in [3.05, 3.63) is 35.9 Å². The Kier molecular flexibility index (Phi) is 14.5. The van der Waals surface area contributed by atoms with Crippen molar-refractivity contribution in [2.75, 3.05) is 0 Å². The number of hydrazine groups is 2. The first-order valence-corrected chi connectivity index (χ1v) is 4.33. The highest BCUT2D eigenvalue weighted by molar-refractivity contribution is 5.21. The van der Waals surface area contributed by atoms with Gasteiger partial charge >= 0.3 is 0 Å². The molecule has 0 unspecified atom stereocenters.